The van der Waals surface area contributed by atoms with Gasteiger partial charge in [0.15, 0.2) is 0 Å². The van der Waals surface area contributed by atoms with Crippen LogP contribution >= 0.6 is 0 Å². The first kappa shape index (κ1) is 16.1. The van der Waals surface area contributed by atoms with Crippen molar-refractivity contribution in [3.63, 3.8) is 0 Å². The number of alkyl carbamates (subject to hydrolysis) is 1. The van der Waals surface area contributed by atoms with Crippen LogP contribution in [0.15, 0.2) is 0 Å². The van der Waals surface area contributed by atoms with Crippen LogP contribution in [0.1, 0.15) is 59.3 Å². The Bertz CT molecular complexity index is 409. The molecule has 1 amide bonds. The van der Waals surface area contributed by atoms with Crippen molar-refractivity contribution in [1.29, 1.82) is 0 Å². The van der Waals surface area contributed by atoms with Crippen LogP contribution in [0.5, 0.6) is 0 Å². The van der Waals surface area contributed by atoms with Gasteiger partial charge in [0, 0.05) is 0 Å². The fourth-order valence-corrected chi connectivity index (χ4v) is 3.35. The number of carbonyl (C=O) groups is 2. The number of amides is 1. The van der Waals surface area contributed by atoms with Gasteiger partial charge < -0.3 is 14.8 Å². The van der Waals surface area contributed by atoms with Crippen molar-refractivity contribution in [2.24, 2.45) is 11.3 Å². The standard InChI is InChI=1S/C16H27NO4/c1-15(2,3)21-14(19)17-12(13(18)20-4)11-6-5-7-16(10-11)8-9-16/h11-12H,5-10H2,1-4H3,(H,17,19)/t11-,12-/m0/s1. The van der Waals surface area contributed by atoms with E-state index in [2.05, 4.69) is 5.32 Å². The second-order valence-electron chi connectivity index (χ2n) is 7.50. The maximum absolute atomic E-state index is 12.1. The van der Waals surface area contributed by atoms with E-state index in [0.717, 1.165) is 19.3 Å². The molecule has 2 aliphatic rings. The van der Waals surface area contributed by atoms with Gasteiger partial charge >= 0.3 is 12.1 Å². The molecule has 120 valence electrons. The van der Waals surface area contributed by atoms with Crippen LogP contribution in [0, 0.1) is 11.3 Å². The molecular formula is C16H27NO4. The van der Waals surface area contributed by atoms with Crippen molar-refractivity contribution < 1.29 is 19.1 Å². The third-order valence-electron chi connectivity index (χ3n) is 4.53. The fourth-order valence-electron chi connectivity index (χ4n) is 3.35. The zero-order valence-corrected chi connectivity index (χ0v) is 13.5. The van der Waals surface area contributed by atoms with Gasteiger partial charge in [0.2, 0.25) is 0 Å². The summed E-state index contributed by atoms with van der Waals surface area (Å²) in [4.78, 5) is 24.0. The molecule has 2 fully saturated rings. The molecular weight excluding hydrogens is 270 g/mol. The van der Waals surface area contributed by atoms with E-state index in [1.807, 2.05) is 0 Å². The number of methoxy groups -OCH3 is 1. The number of ether oxygens (including phenoxy) is 2. The molecule has 0 unspecified atom stereocenters. The molecule has 0 aromatic carbocycles. The summed E-state index contributed by atoms with van der Waals surface area (Å²) in [5.74, 6) is -0.218. The Balaban J connectivity index is 2.00. The van der Waals surface area contributed by atoms with Gasteiger partial charge in [0.05, 0.1) is 7.11 Å². The molecule has 0 aromatic rings. The first-order valence-electron chi connectivity index (χ1n) is 7.82. The third-order valence-corrected chi connectivity index (χ3v) is 4.53. The molecule has 0 bridgehead atoms. The summed E-state index contributed by atoms with van der Waals surface area (Å²) in [5.41, 5.74) is -0.139. The first-order chi connectivity index (χ1) is 9.75. The van der Waals surface area contributed by atoms with Gasteiger partial charge in [-0.05, 0) is 64.2 Å². The van der Waals surface area contributed by atoms with E-state index in [1.165, 1.54) is 26.4 Å². The van der Waals surface area contributed by atoms with Crippen LogP contribution in [-0.2, 0) is 14.3 Å². The molecule has 1 spiro atoms. The molecule has 5 heteroatoms. The lowest BCUT2D eigenvalue weighted by Gasteiger charge is -2.34. The maximum atomic E-state index is 12.1. The second-order valence-corrected chi connectivity index (χ2v) is 7.50. The van der Waals surface area contributed by atoms with E-state index in [9.17, 15) is 9.59 Å². The Kier molecular flexibility index (Phi) is 4.49. The molecule has 2 aliphatic carbocycles. The molecule has 1 N–H and O–H groups in total. The van der Waals surface area contributed by atoms with E-state index in [0.29, 0.717) is 5.41 Å². The van der Waals surface area contributed by atoms with E-state index >= 15 is 0 Å². The largest absolute Gasteiger partial charge is 0.467 e. The number of rotatable bonds is 3. The number of hydrogen-bond donors (Lipinski definition) is 1. The van der Waals surface area contributed by atoms with Crippen molar-refractivity contribution >= 4 is 12.1 Å². The highest BCUT2D eigenvalue weighted by molar-refractivity contribution is 5.81. The lowest BCUT2D eigenvalue weighted by Crippen LogP contribution is -2.49. The van der Waals surface area contributed by atoms with E-state index in [-0.39, 0.29) is 11.9 Å². The molecule has 0 heterocycles. The van der Waals surface area contributed by atoms with Gasteiger partial charge in [0.25, 0.3) is 0 Å². The molecule has 0 aliphatic heterocycles. The van der Waals surface area contributed by atoms with Crippen molar-refractivity contribution in [2.45, 2.75) is 70.9 Å². The Morgan fingerprint density at radius 1 is 1.24 bits per heavy atom. The number of hydrogen-bond acceptors (Lipinski definition) is 4. The highest BCUT2D eigenvalue weighted by Gasteiger charge is 2.48. The lowest BCUT2D eigenvalue weighted by molar-refractivity contribution is -0.145. The molecule has 5 nitrogen and oxygen atoms in total. The summed E-state index contributed by atoms with van der Waals surface area (Å²) in [7, 11) is 1.36. The Hall–Kier alpha value is -1.26. The van der Waals surface area contributed by atoms with Crippen LogP contribution in [-0.4, -0.2) is 30.8 Å². The van der Waals surface area contributed by atoms with Gasteiger partial charge in [-0.3, -0.25) is 0 Å². The smallest absolute Gasteiger partial charge is 0.408 e. The van der Waals surface area contributed by atoms with Crippen LogP contribution in [0.3, 0.4) is 0 Å². The minimum absolute atomic E-state index is 0.154. The molecule has 21 heavy (non-hydrogen) atoms. The minimum Gasteiger partial charge on any atom is -0.467 e. The fraction of sp³-hybridized carbons (Fsp3) is 0.875. The van der Waals surface area contributed by atoms with Gasteiger partial charge in [-0.2, -0.15) is 0 Å². The predicted octanol–water partition coefficient (Wildman–Crippen LogP) is 3.02. The summed E-state index contributed by atoms with van der Waals surface area (Å²) in [6.45, 7) is 5.42. The van der Waals surface area contributed by atoms with Crippen molar-refractivity contribution in [3.05, 3.63) is 0 Å². The average molecular weight is 297 g/mol. The summed E-state index contributed by atoms with van der Waals surface area (Å²) < 4.78 is 10.1. The highest BCUT2D eigenvalue weighted by Crippen LogP contribution is 2.58. The highest BCUT2D eigenvalue weighted by atomic mass is 16.6. The summed E-state index contributed by atoms with van der Waals surface area (Å²) in [6.07, 6.45) is 6.29. The quantitative estimate of drug-likeness (QED) is 0.813. The first-order valence-corrected chi connectivity index (χ1v) is 7.82. The van der Waals surface area contributed by atoms with E-state index in [1.54, 1.807) is 20.8 Å². The second kappa shape index (κ2) is 5.85. The van der Waals surface area contributed by atoms with Gasteiger partial charge in [-0.25, -0.2) is 9.59 Å². The number of carbonyl (C=O) groups excluding carboxylic acids is 2. The van der Waals surface area contributed by atoms with Crippen LogP contribution in [0.4, 0.5) is 4.79 Å². The van der Waals surface area contributed by atoms with Gasteiger partial charge in [0.1, 0.15) is 11.6 Å². The Morgan fingerprint density at radius 3 is 2.43 bits per heavy atom. The van der Waals surface area contributed by atoms with Crippen molar-refractivity contribution in [2.75, 3.05) is 7.11 Å². The molecule has 0 saturated heterocycles. The van der Waals surface area contributed by atoms with Gasteiger partial charge in [-0.1, -0.05) is 6.42 Å². The zero-order valence-electron chi connectivity index (χ0n) is 13.5. The maximum Gasteiger partial charge on any atom is 0.408 e. The Morgan fingerprint density at radius 2 is 1.90 bits per heavy atom. The zero-order chi connectivity index (χ0) is 15.7. The van der Waals surface area contributed by atoms with Gasteiger partial charge in [-0.15, -0.1) is 0 Å². The SMILES string of the molecule is COC(=O)[C@@H](NC(=O)OC(C)(C)C)[C@H]1CCCC2(CC2)C1. The molecule has 2 atom stereocenters. The molecule has 2 saturated carbocycles. The summed E-state index contributed by atoms with van der Waals surface area (Å²) in [6, 6.07) is -0.595. The Labute approximate surface area is 126 Å². The topological polar surface area (TPSA) is 64.6 Å². The summed E-state index contributed by atoms with van der Waals surface area (Å²) in [5, 5.41) is 2.72. The van der Waals surface area contributed by atoms with E-state index in [4.69, 9.17) is 9.47 Å². The van der Waals surface area contributed by atoms with Crippen molar-refractivity contribution in [1.82, 2.24) is 5.32 Å². The van der Waals surface area contributed by atoms with E-state index < -0.39 is 17.7 Å². The minimum atomic E-state index is -0.595. The number of esters is 1. The number of nitrogens with one attached hydrogen (secondary N) is 1. The van der Waals surface area contributed by atoms with Crippen LogP contribution in [0.2, 0.25) is 0 Å². The summed E-state index contributed by atoms with van der Waals surface area (Å²) >= 11 is 0. The molecule has 0 radical (unpaired) electrons. The average Bonchev–Trinajstić information content (AvgIpc) is 3.12. The van der Waals surface area contributed by atoms with Crippen LogP contribution in [0.25, 0.3) is 0 Å². The third kappa shape index (κ3) is 4.35. The molecule has 0 aromatic heterocycles. The molecule has 2 rings (SSSR count). The van der Waals surface area contributed by atoms with Crippen LogP contribution < -0.4 is 5.32 Å². The monoisotopic (exact) mass is 297 g/mol. The predicted molar refractivity (Wildman–Crippen MR) is 78.8 cm³/mol. The normalized spacial score (nSPS) is 25.0. The van der Waals surface area contributed by atoms with Crippen molar-refractivity contribution in [3.8, 4) is 0 Å². The lowest BCUT2D eigenvalue weighted by atomic mass is 9.75.